The molecule has 0 unspecified atom stereocenters. The number of nitrogens with zero attached hydrogens (tertiary/aromatic N) is 2. The van der Waals surface area contributed by atoms with E-state index in [1.165, 1.54) is 12.0 Å². The zero-order valence-corrected chi connectivity index (χ0v) is 18.1. The van der Waals surface area contributed by atoms with Crippen LogP contribution in [0.4, 0.5) is 4.79 Å². The van der Waals surface area contributed by atoms with Crippen LogP contribution < -0.4 is 5.73 Å². The monoisotopic (exact) mass is 425 g/mol. The molecule has 0 bridgehead atoms. The largest absolute Gasteiger partial charge is 0.465 e. The Kier molecular flexibility index (Phi) is 6.29. The van der Waals surface area contributed by atoms with Crippen LogP contribution in [0.15, 0.2) is 42.6 Å². The van der Waals surface area contributed by atoms with Crippen LogP contribution in [0, 0.1) is 0 Å². The van der Waals surface area contributed by atoms with E-state index in [0.717, 1.165) is 5.56 Å². The molecular formula is C23H27N3O5. The molecule has 164 valence electrons. The molecule has 8 nitrogen and oxygen atoms in total. The van der Waals surface area contributed by atoms with Gasteiger partial charge in [0.25, 0.3) is 0 Å². The van der Waals surface area contributed by atoms with Crippen molar-refractivity contribution >= 4 is 18.0 Å². The van der Waals surface area contributed by atoms with Gasteiger partial charge in [-0.1, -0.05) is 24.3 Å². The smallest absolute Gasteiger partial charge is 0.410 e. The van der Waals surface area contributed by atoms with Gasteiger partial charge in [-0.2, -0.15) is 0 Å². The fourth-order valence-electron chi connectivity index (χ4n) is 3.93. The molecule has 0 radical (unpaired) electrons. The van der Waals surface area contributed by atoms with Crippen LogP contribution in [0.25, 0.3) is 11.3 Å². The van der Waals surface area contributed by atoms with Crippen LogP contribution in [0.2, 0.25) is 0 Å². The fourth-order valence-corrected chi connectivity index (χ4v) is 3.93. The van der Waals surface area contributed by atoms with Gasteiger partial charge in [-0.15, -0.1) is 0 Å². The van der Waals surface area contributed by atoms with E-state index in [9.17, 15) is 14.4 Å². The van der Waals surface area contributed by atoms with E-state index < -0.39 is 29.6 Å². The number of hydrogen-bond donors (Lipinski definition) is 1. The molecular weight excluding hydrogens is 398 g/mol. The molecule has 8 heteroatoms. The van der Waals surface area contributed by atoms with Gasteiger partial charge in [0.15, 0.2) is 0 Å². The first-order valence-corrected chi connectivity index (χ1v) is 10.1. The fraction of sp³-hybridized carbons (Fsp3) is 0.391. The molecule has 1 fully saturated rings. The normalized spacial score (nSPS) is 18.5. The number of methoxy groups -OCH3 is 1. The average molecular weight is 425 g/mol. The highest BCUT2D eigenvalue weighted by Gasteiger charge is 2.44. The summed E-state index contributed by atoms with van der Waals surface area (Å²) in [6.45, 7) is 5.63. The van der Waals surface area contributed by atoms with E-state index in [1.54, 1.807) is 39.1 Å². The van der Waals surface area contributed by atoms with Gasteiger partial charge in [-0.3, -0.25) is 14.7 Å². The molecule has 1 saturated heterocycles. The molecule has 2 heterocycles. The summed E-state index contributed by atoms with van der Waals surface area (Å²) in [6, 6.07) is 9.79. The average Bonchev–Trinajstić information content (AvgIpc) is 3.17. The summed E-state index contributed by atoms with van der Waals surface area (Å²) in [5.74, 6) is -1.49. The van der Waals surface area contributed by atoms with Crippen LogP contribution in [0.1, 0.15) is 49.0 Å². The first-order chi connectivity index (χ1) is 14.6. The van der Waals surface area contributed by atoms with Gasteiger partial charge in [0.05, 0.1) is 18.4 Å². The van der Waals surface area contributed by atoms with Gasteiger partial charge >= 0.3 is 12.1 Å². The molecule has 2 N–H and O–H groups in total. The number of ether oxygens (including phenoxy) is 2. The molecule has 2 atom stereocenters. The van der Waals surface area contributed by atoms with Crippen LogP contribution >= 0.6 is 0 Å². The number of primary amides is 1. The van der Waals surface area contributed by atoms with Gasteiger partial charge in [0.1, 0.15) is 11.6 Å². The maximum absolute atomic E-state index is 12.7. The van der Waals surface area contributed by atoms with Gasteiger partial charge < -0.3 is 15.2 Å². The Morgan fingerprint density at radius 2 is 1.84 bits per heavy atom. The number of nitrogens with two attached hydrogens (primary N) is 1. The van der Waals surface area contributed by atoms with Gasteiger partial charge in [-0.25, -0.2) is 9.59 Å². The number of pyridine rings is 1. The Labute approximate surface area is 181 Å². The quantitative estimate of drug-likeness (QED) is 0.754. The summed E-state index contributed by atoms with van der Waals surface area (Å²) in [5.41, 5.74) is 7.26. The van der Waals surface area contributed by atoms with Gasteiger partial charge in [0.2, 0.25) is 5.91 Å². The highest BCUT2D eigenvalue weighted by atomic mass is 16.6. The van der Waals surface area contributed by atoms with E-state index in [-0.39, 0.29) is 5.92 Å². The SMILES string of the molecule is COC(=O)c1cccnc1-c1ccccc1[C@H]1CCN(C(=O)OC(C)(C)C)[C@@H]1C(N)=O. The van der Waals surface area contributed by atoms with Gasteiger partial charge in [-0.05, 0) is 44.9 Å². The number of carbonyl (C=O) groups excluding carboxylic acids is 3. The molecule has 3 rings (SSSR count). The highest BCUT2D eigenvalue weighted by Crippen LogP contribution is 2.39. The number of hydrogen-bond acceptors (Lipinski definition) is 6. The van der Waals surface area contributed by atoms with Crippen molar-refractivity contribution in [3.05, 3.63) is 53.7 Å². The number of carbonyl (C=O) groups is 3. The van der Waals surface area contributed by atoms with E-state index >= 15 is 0 Å². The number of likely N-dealkylation sites (tertiary alicyclic amines) is 1. The number of esters is 1. The maximum Gasteiger partial charge on any atom is 0.410 e. The van der Waals surface area contributed by atoms with Crippen LogP contribution in [-0.2, 0) is 14.3 Å². The predicted molar refractivity (Wildman–Crippen MR) is 114 cm³/mol. The van der Waals surface area contributed by atoms with E-state index in [1.807, 2.05) is 24.3 Å². The third kappa shape index (κ3) is 4.68. The van der Waals surface area contributed by atoms with Gasteiger partial charge in [0, 0.05) is 24.2 Å². The second kappa shape index (κ2) is 8.75. The van der Waals surface area contributed by atoms with Crippen molar-refractivity contribution < 1.29 is 23.9 Å². The van der Waals surface area contributed by atoms with E-state index in [4.69, 9.17) is 15.2 Å². The summed E-state index contributed by atoms with van der Waals surface area (Å²) >= 11 is 0. The van der Waals surface area contributed by atoms with Crippen molar-refractivity contribution in [3.63, 3.8) is 0 Å². The minimum atomic E-state index is -0.874. The molecule has 0 aliphatic carbocycles. The molecule has 1 aromatic carbocycles. The molecule has 0 saturated carbocycles. The minimum absolute atomic E-state index is 0.315. The molecule has 0 spiro atoms. The van der Waals surface area contributed by atoms with Crippen LogP contribution in [0.5, 0.6) is 0 Å². The predicted octanol–water partition coefficient (Wildman–Crippen LogP) is 3.11. The van der Waals surface area contributed by atoms with Crippen molar-refractivity contribution in [1.29, 1.82) is 0 Å². The Morgan fingerprint density at radius 1 is 1.13 bits per heavy atom. The zero-order chi connectivity index (χ0) is 22.8. The lowest BCUT2D eigenvalue weighted by Crippen LogP contribution is -2.47. The minimum Gasteiger partial charge on any atom is -0.465 e. The third-order valence-corrected chi connectivity index (χ3v) is 5.15. The Bertz CT molecular complexity index is 999. The third-order valence-electron chi connectivity index (χ3n) is 5.15. The van der Waals surface area contributed by atoms with Crippen molar-refractivity contribution in [2.75, 3.05) is 13.7 Å². The van der Waals surface area contributed by atoms with Crippen molar-refractivity contribution in [3.8, 4) is 11.3 Å². The van der Waals surface area contributed by atoms with E-state index in [0.29, 0.717) is 29.8 Å². The Balaban J connectivity index is 2.04. The molecule has 2 amide bonds. The number of amides is 2. The maximum atomic E-state index is 12.7. The number of benzene rings is 1. The van der Waals surface area contributed by atoms with Crippen molar-refractivity contribution in [2.45, 2.75) is 44.8 Å². The first kappa shape index (κ1) is 22.3. The van der Waals surface area contributed by atoms with Crippen molar-refractivity contribution in [1.82, 2.24) is 9.88 Å². The molecule has 1 aliphatic rings. The summed E-state index contributed by atoms with van der Waals surface area (Å²) < 4.78 is 10.4. The lowest BCUT2D eigenvalue weighted by Gasteiger charge is -2.29. The van der Waals surface area contributed by atoms with Crippen molar-refractivity contribution in [2.24, 2.45) is 5.73 Å². The lowest BCUT2D eigenvalue weighted by molar-refractivity contribution is -0.122. The number of rotatable bonds is 4. The summed E-state index contributed by atoms with van der Waals surface area (Å²) in [7, 11) is 1.31. The second-order valence-corrected chi connectivity index (χ2v) is 8.39. The van der Waals surface area contributed by atoms with Crippen LogP contribution in [-0.4, -0.2) is 53.2 Å². The summed E-state index contributed by atoms with van der Waals surface area (Å²) in [5, 5.41) is 0. The first-order valence-electron chi connectivity index (χ1n) is 10.1. The Morgan fingerprint density at radius 3 is 2.48 bits per heavy atom. The van der Waals surface area contributed by atoms with E-state index in [2.05, 4.69) is 4.98 Å². The van der Waals surface area contributed by atoms with Crippen LogP contribution in [0.3, 0.4) is 0 Å². The molecule has 1 aliphatic heterocycles. The summed E-state index contributed by atoms with van der Waals surface area (Å²) in [4.78, 5) is 43.2. The highest BCUT2D eigenvalue weighted by molar-refractivity contribution is 5.96. The summed E-state index contributed by atoms with van der Waals surface area (Å²) in [6.07, 6.45) is 1.53. The number of aromatic nitrogens is 1. The topological polar surface area (TPSA) is 112 Å². The lowest BCUT2D eigenvalue weighted by atomic mass is 9.86. The second-order valence-electron chi connectivity index (χ2n) is 8.39. The zero-order valence-electron chi connectivity index (χ0n) is 18.1. The standard InChI is InChI=1S/C23H27N3O5/c1-23(2,3)31-22(29)26-13-11-16(19(26)20(24)27)14-8-5-6-9-15(14)18-17(21(28)30-4)10-7-12-25-18/h5-10,12,16,19H,11,13H2,1-4H3,(H2,24,27)/t16-,19+/m1/s1. The molecule has 1 aromatic heterocycles. The molecule has 2 aromatic rings. The molecule has 31 heavy (non-hydrogen) atoms. The Hall–Kier alpha value is -3.42.